The van der Waals surface area contributed by atoms with Crippen LogP contribution in [0.2, 0.25) is 0 Å². The summed E-state index contributed by atoms with van der Waals surface area (Å²) < 4.78 is 6.70. The van der Waals surface area contributed by atoms with Gasteiger partial charge in [-0.15, -0.1) is 0 Å². The quantitative estimate of drug-likeness (QED) is 0.185. The maximum atomic E-state index is 6.70. The lowest BCUT2D eigenvalue weighted by Gasteiger charge is -2.34. The Balaban J connectivity index is 1.41. The molecule has 1 aliphatic carbocycles. The fraction of sp³-hybridized carbons (Fsp3) is 0.277. The lowest BCUT2D eigenvalue weighted by molar-refractivity contribution is 0.481. The van der Waals surface area contributed by atoms with Crippen LogP contribution in [0.25, 0.3) is 22.4 Å². The van der Waals surface area contributed by atoms with Crippen molar-refractivity contribution in [2.75, 3.05) is 0 Å². The van der Waals surface area contributed by atoms with Crippen LogP contribution in [0.3, 0.4) is 0 Å². The van der Waals surface area contributed by atoms with Gasteiger partial charge in [0.25, 0.3) is 0 Å². The second-order valence-electron chi connectivity index (χ2n) is 16.8. The topological polar surface area (TPSA) is 35.0 Å². The minimum Gasteiger partial charge on any atom is -0.457 e. The van der Waals surface area contributed by atoms with Crippen molar-refractivity contribution < 1.29 is 4.74 Å². The lowest BCUT2D eigenvalue weighted by Crippen LogP contribution is -2.30. The molecule has 3 heteroatoms. The van der Waals surface area contributed by atoms with Crippen molar-refractivity contribution in [3.63, 3.8) is 0 Å². The van der Waals surface area contributed by atoms with Crippen LogP contribution in [0.1, 0.15) is 101 Å². The molecular weight excluding hydrogens is 609 g/mol. The van der Waals surface area contributed by atoms with Crippen molar-refractivity contribution in [3.05, 3.63) is 167 Å². The van der Waals surface area contributed by atoms with E-state index < -0.39 is 5.41 Å². The molecule has 0 saturated carbocycles. The molecule has 0 unspecified atom stereocenters. The summed E-state index contributed by atoms with van der Waals surface area (Å²) >= 11 is 0. The van der Waals surface area contributed by atoms with Gasteiger partial charge in [-0.25, -0.2) is 0 Å². The number of hydrogen-bond donors (Lipinski definition) is 0. The Labute approximate surface area is 298 Å². The normalized spacial score (nSPS) is 13.9. The molecule has 4 aromatic carbocycles. The van der Waals surface area contributed by atoms with Crippen LogP contribution < -0.4 is 4.74 Å². The fourth-order valence-electron chi connectivity index (χ4n) is 7.28. The number of aromatic nitrogens is 2. The molecule has 0 amide bonds. The molecule has 6 aromatic rings. The molecule has 2 heterocycles. The molecule has 0 saturated heterocycles. The number of hydrogen-bond acceptors (Lipinski definition) is 3. The van der Waals surface area contributed by atoms with Gasteiger partial charge in [0.1, 0.15) is 11.5 Å². The first-order valence-electron chi connectivity index (χ1n) is 17.7. The number of benzene rings is 4. The van der Waals surface area contributed by atoms with E-state index in [1.54, 1.807) is 0 Å². The maximum absolute atomic E-state index is 6.70. The number of ether oxygens (including phenoxy) is 1. The van der Waals surface area contributed by atoms with Crippen molar-refractivity contribution in [3.8, 4) is 33.9 Å². The Hall–Kier alpha value is -5.02. The van der Waals surface area contributed by atoms with E-state index in [9.17, 15) is 0 Å². The maximum Gasteiger partial charge on any atom is 0.128 e. The van der Waals surface area contributed by atoms with Gasteiger partial charge < -0.3 is 4.74 Å². The minimum absolute atomic E-state index is 0.0204. The molecule has 50 heavy (non-hydrogen) atoms. The summed E-state index contributed by atoms with van der Waals surface area (Å²) in [6, 6.07) is 41.5. The smallest absolute Gasteiger partial charge is 0.128 e. The van der Waals surface area contributed by atoms with Crippen LogP contribution in [-0.4, -0.2) is 9.97 Å². The van der Waals surface area contributed by atoms with Crippen LogP contribution >= 0.6 is 0 Å². The van der Waals surface area contributed by atoms with Crippen molar-refractivity contribution >= 4 is 0 Å². The number of fused-ring (bicyclic) bond motifs is 3. The van der Waals surface area contributed by atoms with Gasteiger partial charge >= 0.3 is 0 Å². The van der Waals surface area contributed by atoms with Crippen molar-refractivity contribution in [2.24, 2.45) is 0 Å². The van der Waals surface area contributed by atoms with Gasteiger partial charge in [-0.3, -0.25) is 9.97 Å². The Kier molecular flexibility index (Phi) is 8.09. The molecule has 0 aliphatic heterocycles. The Morgan fingerprint density at radius 3 is 1.64 bits per heavy atom. The van der Waals surface area contributed by atoms with Gasteiger partial charge in [-0.05, 0) is 109 Å². The molecule has 3 nitrogen and oxygen atoms in total. The molecule has 7 rings (SSSR count). The summed E-state index contributed by atoms with van der Waals surface area (Å²) in [5, 5.41) is 0. The van der Waals surface area contributed by atoms with Gasteiger partial charge in [-0.1, -0.05) is 129 Å². The molecule has 0 fully saturated rings. The Bertz CT molecular complexity index is 2130. The first-order valence-corrected chi connectivity index (χ1v) is 17.7. The largest absolute Gasteiger partial charge is 0.457 e. The summed E-state index contributed by atoms with van der Waals surface area (Å²) in [5.74, 6) is 1.55. The molecule has 0 radical (unpaired) electrons. The first kappa shape index (κ1) is 33.5. The van der Waals surface area contributed by atoms with Gasteiger partial charge in [0.05, 0.1) is 16.8 Å². The van der Waals surface area contributed by atoms with E-state index in [2.05, 4.69) is 159 Å². The first-order chi connectivity index (χ1) is 23.7. The van der Waals surface area contributed by atoms with Crippen LogP contribution in [0.15, 0.2) is 128 Å². The standard InChI is InChI=1S/C47H48N2O/c1-44(2,3)32-19-21-38-39-22-20-33(45(4,5)6)29-41(39)47(40(38)28-32,43-18-10-11-24-49-43)35-15-13-17-37(27-35)50-36-16-12-14-31(26-36)42-30-34(23-25-48-42)46(7,8)9/h10-30H,1-9H3. The lowest BCUT2D eigenvalue weighted by atomic mass is 9.68. The highest BCUT2D eigenvalue weighted by atomic mass is 16.5. The summed E-state index contributed by atoms with van der Waals surface area (Å²) in [7, 11) is 0. The third-order valence-electron chi connectivity index (χ3n) is 10.2. The van der Waals surface area contributed by atoms with E-state index >= 15 is 0 Å². The SMILES string of the molecule is CC(C)(C)c1ccnc(-c2cccc(Oc3cccc(C4(c5ccccn5)c5cc(C(C)(C)C)ccc5-c5ccc(C(C)(C)C)cc54)c3)c2)c1. The van der Waals surface area contributed by atoms with E-state index in [-0.39, 0.29) is 16.2 Å². The molecule has 2 aromatic heterocycles. The molecule has 1 aliphatic rings. The van der Waals surface area contributed by atoms with Crippen molar-refractivity contribution in [2.45, 2.75) is 84.0 Å². The molecule has 0 N–H and O–H groups in total. The van der Waals surface area contributed by atoms with E-state index in [0.29, 0.717) is 0 Å². The zero-order valence-corrected chi connectivity index (χ0v) is 30.9. The second-order valence-corrected chi connectivity index (χ2v) is 16.8. The van der Waals surface area contributed by atoms with Gasteiger partial charge in [0.15, 0.2) is 0 Å². The van der Waals surface area contributed by atoms with Crippen molar-refractivity contribution in [1.82, 2.24) is 9.97 Å². The van der Waals surface area contributed by atoms with Crippen LogP contribution in [0, 0.1) is 0 Å². The van der Waals surface area contributed by atoms with E-state index in [4.69, 9.17) is 14.7 Å². The third kappa shape index (κ3) is 5.93. The highest BCUT2D eigenvalue weighted by Crippen LogP contribution is 2.57. The molecular formula is C47H48N2O. The summed E-state index contributed by atoms with van der Waals surface area (Å²) in [4.78, 5) is 9.84. The third-order valence-corrected chi connectivity index (χ3v) is 10.2. The Morgan fingerprint density at radius 1 is 0.480 bits per heavy atom. The highest BCUT2D eigenvalue weighted by Gasteiger charge is 2.48. The van der Waals surface area contributed by atoms with E-state index in [1.807, 2.05) is 30.6 Å². The van der Waals surface area contributed by atoms with E-state index in [0.717, 1.165) is 34.0 Å². The summed E-state index contributed by atoms with van der Waals surface area (Å²) in [6.45, 7) is 20.4. The predicted molar refractivity (Wildman–Crippen MR) is 207 cm³/mol. The van der Waals surface area contributed by atoms with Crippen LogP contribution in [0.5, 0.6) is 11.5 Å². The number of nitrogens with zero attached hydrogens (tertiary/aromatic N) is 2. The molecule has 0 spiro atoms. The minimum atomic E-state index is -0.646. The van der Waals surface area contributed by atoms with Crippen molar-refractivity contribution in [1.29, 1.82) is 0 Å². The number of rotatable bonds is 5. The fourth-order valence-corrected chi connectivity index (χ4v) is 7.28. The zero-order valence-electron chi connectivity index (χ0n) is 30.9. The zero-order chi connectivity index (χ0) is 35.5. The van der Waals surface area contributed by atoms with E-state index in [1.165, 1.54) is 38.9 Å². The summed E-state index contributed by atoms with van der Waals surface area (Å²) in [6.07, 6.45) is 3.82. The monoisotopic (exact) mass is 656 g/mol. The highest BCUT2D eigenvalue weighted by molar-refractivity contribution is 5.86. The van der Waals surface area contributed by atoms with Crippen LogP contribution in [0.4, 0.5) is 0 Å². The van der Waals surface area contributed by atoms with Gasteiger partial charge in [0, 0.05) is 18.0 Å². The predicted octanol–water partition coefficient (Wildman–Crippen LogP) is 12.2. The average molecular weight is 657 g/mol. The molecule has 0 bridgehead atoms. The summed E-state index contributed by atoms with van der Waals surface area (Å²) in [5.41, 5.74) is 12.3. The Morgan fingerprint density at radius 2 is 1.06 bits per heavy atom. The average Bonchev–Trinajstić information content (AvgIpc) is 3.38. The van der Waals surface area contributed by atoms with Crippen LogP contribution in [-0.2, 0) is 21.7 Å². The molecule has 252 valence electrons. The second kappa shape index (κ2) is 12.1. The molecule has 0 atom stereocenters. The number of pyridine rings is 2. The van der Waals surface area contributed by atoms with Gasteiger partial charge in [-0.2, -0.15) is 0 Å². The van der Waals surface area contributed by atoms with Gasteiger partial charge in [0.2, 0.25) is 0 Å².